The molecule has 0 bridgehead atoms. The third-order valence-electron chi connectivity index (χ3n) is 9.66. The number of piperidine rings is 1. The number of benzene rings is 1. The Balaban J connectivity index is 1.07. The van der Waals surface area contributed by atoms with E-state index in [1.54, 1.807) is 0 Å². The molecular formula is C28H35ClN6O2. The fraction of sp³-hybridized carbons (Fsp3) is 0.607. The SMILES string of the molecule is COCC12CCC1C(n1ncc(Nc3ncc4cc(Cl)c(C5CCN(C6COC6)CC5)cc4n3)c1C)C2. The van der Waals surface area contributed by atoms with Gasteiger partial charge in [-0.05, 0) is 81.6 Å². The van der Waals surface area contributed by atoms with Gasteiger partial charge in [-0.25, -0.2) is 9.97 Å². The Kier molecular flexibility index (Phi) is 5.92. The molecule has 2 aromatic heterocycles. The van der Waals surface area contributed by atoms with Gasteiger partial charge < -0.3 is 14.8 Å². The molecule has 9 heteroatoms. The summed E-state index contributed by atoms with van der Waals surface area (Å²) < 4.78 is 13.1. The summed E-state index contributed by atoms with van der Waals surface area (Å²) in [6, 6.07) is 5.26. The average molecular weight is 523 g/mol. The van der Waals surface area contributed by atoms with Crippen molar-refractivity contribution in [1.82, 2.24) is 24.6 Å². The van der Waals surface area contributed by atoms with E-state index in [2.05, 4.69) is 32.9 Å². The van der Waals surface area contributed by atoms with E-state index in [4.69, 9.17) is 31.2 Å². The van der Waals surface area contributed by atoms with E-state index in [1.165, 1.54) is 18.4 Å². The first-order valence-corrected chi connectivity index (χ1v) is 14.0. The van der Waals surface area contributed by atoms with Crippen LogP contribution in [-0.4, -0.2) is 70.7 Å². The molecule has 1 N–H and O–H groups in total. The van der Waals surface area contributed by atoms with Crippen LogP contribution in [0.1, 0.15) is 55.3 Å². The van der Waals surface area contributed by atoms with Gasteiger partial charge in [-0.1, -0.05) is 11.6 Å². The Hall–Kier alpha value is -2.26. The number of hydrogen-bond donors (Lipinski definition) is 1. The zero-order valence-corrected chi connectivity index (χ0v) is 22.4. The molecule has 4 aliphatic rings. The number of anilines is 2. The highest BCUT2D eigenvalue weighted by molar-refractivity contribution is 6.32. The molecule has 2 saturated carbocycles. The summed E-state index contributed by atoms with van der Waals surface area (Å²) in [6.45, 7) is 6.95. The van der Waals surface area contributed by atoms with Gasteiger partial charge in [0.05, 0.1) is 55.0 Å². The summed E-state index contributed by atoms with van der Waals surface area (Å²) in [4.78, 5) is 12.0. The van der Waals surface area contributed by atoms with Crippen LogP contribution in [0.3, 0.4) is 0 Å². The number of hydrogen-bond acceptors (Lipinski definition) is 7. The molecule has 3 atom stereocenters. The van der Waals surface area contributed by atoms with Gasteiger partial charge in [-0.2, -0.15) is 5.10 Å². The number of nitrogens with zero attached hydrogens (tertiary/aromatic N) is 5. The number of halogens is 1. The predicted octanol–water partition coefficient (Wildman–Crippen LogP) is 5.10. The van der Waals surface area contributed by atoms with E-state index in [-0.39, 0.29) is 0 Å². The van der Waals surface area contributed by atoms with Gasteiger partial charge in [-0.15, -0.1) is 0 Å². The van der Waals surface area contributed by atoms with Crippen molar-refractivity contribution < 1.29 is 9.47 Å². The van der Waals surface area contributed by atoms with Crippen LogP contribution in [0, 0.1) is 18.3 Å². The fourth-order valence-electron chi connectivity index (χ4n) is 7.20. The first kappa shape index (κ1) is 23.8. The molecule has 4 heterocycles. The molecule has 4 fully saturated rings. The lowest BCUT2D eigenvalue weighted by atomic mass is 9.45. The highest BCUT2D eigenvalue weighted by atomic mass is 35.5. The first-order valence-electron chi connectivity index (χ1n) is 13.6. The molecule has 37 heavy (non-hydrogen) atoms. The van der Waals surface area contributed by atoms with Gasteiger partial charge in [0.2, 0.25) is 5.95 Å². The maximum absolute atomic E-state index is 6.75. The van der Waals surface area contributed by atoms with Crippen molar-refractivity contribution in [2.45, 2.75) is 57.0 Å². The minimum atomic E-state index is 0.383. The van der Waals surface area contributed by atoms with Gasteiger partial charge >= 0.3 is 0 Å². The van der Waals surface area contributed by atoms with Crippen LogP contribution in [0.5, 0.6) is 0 Å². The Bertz CT molecular complexity index is 1320. The Morgan fingerprint density at radius 2 is 2.03 bits per heavy atom. The smallest absolute Gasteiger partial charge is 0.227 e. The number of ether oxygens (including phenoxy) is 2. The Labute approximate surface area is 222 Å². The lowest BCUT2D eigenvalue weighted by Crippen LogP contribution is -2.58. The van der Waals surface area contributed by atoms with E-state index in [9.17, 15) is 0 Å². The zero-order chi connectivity index (χ0) is 25.1. The molecule has 0 spiro atoms. The molecule has 0 radical (unpaired) electrons. The van der Waals surface area contributed by atoms with Crippen molar-refractivity contribution in [1.29, 1.82) is 0 Å². The Morgan fingerprint density at radius 3 is 2.70 bits per heavy atom. The second-order valence-corrected chi connectivity index (χ2v) is 12.0. The molecule has 2 aliphatic carbocycles. The number of fused-ring (bicyclic) bond motifs is 2. The van der Waals surface area contributed by atoms with Crippen molar-refractivity contribution in [3.63, 3.8) is 0 Å². The zero-order valence-electron chi connectivity index (χ0n) is 21.6. The van der Waals surface area contributed by atoms with Crippen molar-refractivity contribution in [3.05, 3.63) is 40.8 Å². The van der Waals surface area contributed by atoms with Gasteiger partial charge in [0.25, 0.3) is 0 Å². The number of aromatic nitrogens is 4. The second kappa shape index (κ2) is 9.19. The largest absolute Gasteiger partial charge is 0.384 e. The van der Waals surface area contributed by atoms with Gasteiger partial charge in [0.1, 0.15) is 0 Å². The quantitative estimate of drug-likeness (QED) is 0.462. The highest BCUT2D eigenvalue weighted by Gasteiger charge is 2.60. The number of methoxy groups -OCH3 is 1. The maximum atomic E-state index is 6.75. The third-order valence-corrected chi connectivity index (χ3v) is 9.99. The highest BCUT2D eigenvalue weighted by Crippen LogP contribution is 2.66. The number of likely N-dealkylation sites (tertiary alicyclic amines) is 1. The summed E-state index contributed by atoms with van der Waals surface area (Å²) in [7, 11) is 1.81. The second-order valence-electron chi connectivity index (χ2n) is 11.6. The standard InChI is InChI=1S/C28H35ClN6O2/c1-17-25(13-31-35(17)26-11-28(16-36-2)6-3-22(26)28)33-27-30-12-19-9-23(29)21(10-24(19)32-27)18-4-7-34(8-5-18)20-14-37-15-20/h9-10,12-13,18,20,22,26H,3-8,11,14-16H2,1-2H3,(H,30,32,33). The van der Waals surface area contributed by atoms with Crippen LogP contribution in [0.25, 0.3) is 10.9 Å². The molecular weight excluding hydrogens is 488 g/mol. The lowest BCUT2D eigenvalue weighted by molar-refractivity contribution is -0.163. The number of nitrogens with one attached hydrogen (secondary N) is 1. The molecule has 8 nitrogen and oxygen atoms in total. The molecule has 2 saturated heterocycles. The number of rotatable bonds is 7. The molecule has 1 aromatic carbocycles. The van der Waals surface area contributed by atoms with Crippen LogP contribution in [-0.2, 0) is 9.47 Å². The van der Waals surface area contributed by atoms with Crippen LogP contribution >= 0.6 is 11.6 Å². The Morgan fingerprint density at radius 1 is 1.19 bits per heavy atom. The first-order chi connectivity index (χ1) is 18.0. The molecule has 7 rings (SSSR count). The summed E-state index contributed by atoms with van der Waals surface area (Å²) in [5, 5.41) is 9.96. The minimum absolute atomic E-state index is 0.383. The molecule has 3 unspecified atom stereocenters. The van der Waals surface area contributed by atoms with Crippen molar-refractivity contribution in [2.75, 3.05) is 45.3 Å². The van der Waals surface area contributed by atoms with Gasteiger partial charge in [0.15, 0.2) is 0 Å². The molecule has 2 aliphatic heterocycles. The molecule has 3 aromatic rings. The van der Waals surface area contributed by atoms with E-state index in [1.807, 2.05) is 25.6 Å². The average Bonchev–Trinajstić information content (AvgIpc) is 3.21. The van der Waals surface area contributed by atoms with E-state index >= 15 is 0 Å². The predicted molar refractivity (Wildman–Crippen MR) is 144 cm³/mol. The van der Waals surface area contributed by atoms with Gasteiger partial charge in [0, 0.05) is 29.1 Å². The fourth-order valence-corrected chi connectivity index (χ4v) is 7.53. The monoisotopic (exact) mass is 522 g/mol. The maximum Gasteiger partial charge on any atom is 0.227 e. The van der Waals surface area contributed by atoms with Crippen molar-refractivity contribution in [3.8, 4) is 0 Å². The molecule has 0 amide bonds. The lowest BCUT2D eigenvalue weighted by Gasteiger charge is -2.63. The van der Waals surface area contributed by atoms with E-state index in [0.717, 1.165) is 79.5 Å². The summed E-state index contributed by atoms with van der Waals surface area (Å²) in [6.07, 6.45) is 9.69. The van der Waals surface area contributed by atoms with Crippen molar-refractivity contribution in [2.24, 2.45) is 11.3 Å². The third kappa shape index (κ3) is 3.95. The van der Waals surface area contributed by atoms with Crippen LogP contribution in [0.15, 0.2) is 24.5 Å². The summed E-state index contributed by atoms with van der Waals surface area (Å²) >= 11 is 6.75. The molecule has 196 valence electrons. The minimum Gasteiger partial charge on any atom is -0.384 e. The van der Waals surface area contributed by atoms with Crippen LogP contribution < -0.4 is 5.32 Å². The van der Waals surface area contributed by atoms with Crippen LogP contribution in [0.4, 0.5) is 11.6 Å². The van der Waals surface area contributed by atoms with Crippen molar-refractivity contribution >= 4 is 34.1 Å². The van der Waals surface area contributed by atoms with Crippen LogP contribution in [0.2, 0.25) is 5.02 Å². The normalized spacial score (nSPS) is 28.4. The topological polar surface area (TPSA) is 77.3 Å². The van der Waals surface area contributed by atoms with E-state index < -0.39 is 0 Å². The summed E-state index contributed by atoms with van der Waals surface area (Å²) in [5.41, 5.74) is 4.61. The summed E-state index contributed by atoms with van der Waals surface area (Å²) in [5.74, 6) is 1.72. The van der Waals surface area contributed by atoms with Gasteiger partial charge in [-0.3, -0.25) is 9.58 Å². The van der Waals surface area contributed by atoms with E-state index in [0.29, 0.717) is 35.3 Å².